The Bertz CT molecular complexity index is 197. The van der Waals surface area contributed by atoms with Crippen LogP contribution < -0.4 is 5.32 Å². The Morgan fingerprint density at radius 2 is 2.17 bits per heavy atom. The van der Waals surface area contributed by atoms with Crippen molar-refractivity contribution >= 4 is 5.91 Å². The van der Waals surface area contributed by atoms with Crippen molar-refractivity contribution in [2.75, 3.05) is 13.2 Å². The van der Waals surface area contributed by atoms with E-state index in [4.69, 9.17) is 0 Å². The minimum Gasteiger partial charge on any atom is -0.329 e. The van der Waals surface area contributed by atoms with E-state index in [0.717, 1.165) is 26.1 Å². The van der Waals surface area contributed by atoms with Gasteiger partial charge in [0, 0.05) is 6.54 Å². The predicted molar refractivity (Wildman–Crippen MR) is 46.6 cm³/mol. The van der Waals surface area contributed by atoms with E-state index in [0.29, 0.717) is 5.91 Å². The van der Waals surface area contributed by atoms with Crippen LogP contribution in [0.25, 0.3) is 0 Å². The molecule has 1 amide bonds. The Morgan fingerprint density at radius 3 is 2.67 bits per heavy atom. The normalized spacial score (nSPS) is 27.4. The summed E-state index contributed by atoms with van der Waals surface area (Å²) in [5, 5.41) is 3.36. The summed E-state index contributed by atoms with van der Waals surface area (Å²) in [6.45, 7) is 3.64. The molecule has 0 unspecified atom stereocenters. The van der Waals surface area contributed by atoms with Crippen LogP contribution >= 0.6 is 0 Å². The van der Waals surface area contributed by atoms with Crippen molar-refractivity contribution in [2.24, 2.45) is 0 Å². The number of nitrogens with one attached hydrogen (secondary N) is 1. The van der Waals surface area contributed by atoms with Gasteiger partial charge in [-0.2, -0.15) is 0 Å². The second-order valence-electron chi connectivity index (χ2n) is 3.79. The number of carbonyl (C=O) groups is 1. The number of likely N-dealkylation sites (N-methyl/N-ethyl adjacent to an activating group) is 1. The Hall–Kier alpha value is -0.570. The average Bonchev–Trinajstić information content (AvgIpc) is 2.65. The maximum atomic E-state index is 11.8. The Kier molecular flexibility index (Phi) is 1.83. The smallest absolute Gasteiger partial charge is 0.243 e. The molecule has 1 saturated heterocycles. The van der Waals surface area contributed by atoms with Crippen LogP contribution in [0.5, 0.6) is 0 Å². The first-order valence-electron chi connectivity index (χ1n) is 4.83. The number of rotatable bonds is 1. The molecule has 0 bridgehead atoms. The largest absolute Gasteiger partial charge is 0.329 e. The highest BCUT2D eigenvalue weighted by Crippen LogP contribution is 2.33. The molecule has 1 spiro atoms. The van der Waals surface area contributed by atoms with E-state index >= 15 is 0 Å². The molecular weight excluding hydrogens is 152 g/mol. The van der Waals surface area contributed by atoms with E-state index < -0.39 is 0 Å². The summed E-state index contributed by atoms with van der Waals surface area (Å²) in [4.78, 5) is 13.7. The quantitative estimate of drug-likeness (QED) is 0.625. The molecule has 3 nitrogen and oxygen atoms in total. The highest BCUT2D eigenvalue weighted by atomic mass is 16.2. The molecule has 0 aromatic heterocycles. The highest BCUT2D eigenvalue weighted by molar-refractivity contribution is 5.88. The van der Waals surface area contributed by atoms with Crippen LogP contribution in [-0.2, 0) is 4.79 Å². The van der Waals surface area contributed by atoms with Gasteiger partial charge in [-0.3, -0.25) is 10.1 Å². The van der Waals surface area contributed by atoms with Gasteiger partial charge in [-0.05, 0) is 19.8 Å². The molecule has 0 aromatic carbocycles. The zero-order chi connectivity index (χ0) is 8.60. The van der Waals surface area contributed by atoms with Crippen LogP contribution in [0.2, 0.25) is 0 Å². The van der Waals surface area contributed by atoms with Crippen LogP contribution in [0, 0.1) is 0 Å². The third-order valence-corrected chi connectivity index (χ3v) is 3.14. The third-order valence-electron chi connectivity index (χ3n) is 3.14. The van der Waals surface area contributed by atoms with Crippen molar-refractivity contribution < 1.29 is 4.79 Å². The molecule has 0 radical (unpaired) electrons. The van der Waals surface area contributed by atoms with E-state index in [-0.39, 0.29) is 5.54 Å². The van der Waals surface area contributed by atoms with Crippen molar-refractivity contribution in [3.63, 3.8) is 0 Å². The van der Waals surface area contributed by atoms with Gasteiger partial charge in [-0.25, -0.2) is 0 Å². The van der Waals surface area contributed by atoms with E-state index in [1.54, 1.807) is 0 Å². The molecule has 0 atom stereocenters. The molecule has 2 aliphatic rings. The zero-order valence-electron chi connectivity index (χ0n) is 7.60. The molecule has 1 aliphatic heterocycles. The summed E-state index contributed by atoms with van der Waals surface area (Å²) in [6.07, 6.45) is 4.50. The molecule has 68 valence electrons. The maximum absolute atomic E-state index is 11.8. The molecule has 1 saturated carbocycles. The van der Waals surface area contributed by atoms with Crippen molar-refractivity contribution in [2.45, 2.75) is 38.1 Å². The fourth-order valence-corrected chi connectivity index (χ4v) is 2.32. The summed E-state index contributed by atoms with van der Waals surface area (Å²) in [5.41, 5.74) is -0.143. The van der Waals surface area contributed by atoms with Crippen LogP contribution in [0.1, 0.15) is 32.6 Å². The van der Waals surface area contributed by atoms with Crippen LogP contribution in [0.15, 0.2) is 0 Å². The minimum atomic E-state index is -0.143. The Balaban J connectivity index is 2.14. The number of hydrogen-bond acceptors (Lipinski definition) is 2. The van der Waals surface area contributed by atoms with Gasteiger partial charge < -0.3 is 4.90 Å². The summed E-state index contributed by atoms with van der Waals surface area (Å²) < 4.78 is 0. The fraction of sp³-hybridized carbons (Fsp3) is 0.889. The average molecular weight is 168 g/mol. The predicted octanol–water partition coefficient (Wildman–Crippen LogP) is 0.708. The van der Waals surface area contributed by atoms with Gasteiger partial charge in [0.05, 0.1) is 12.2 Å². The molecule has 1 aliphatic carbocycles. The molecule has 12 heavy (non-hydrogen) atoms. The maximum Gasteiger partial charge on any atom is 0.243 e. The Labute approximate surface area is 73.1 Å². The minimum absolute atomic E-state index is 0.143. The highest BCUT2D eigenvalue weighted by Gasteiger charge is 2.47. The lowest BCUT2D eigenvalue weighted by molar-refractivity contribution is -0.132. The first-order valence-corrected chi connectivity index (χ1v) is 4.83. The van der Waals surface area contributed by atoms with Crippen LogP contribution in [-0.4, -0.2) is 29.6 Å². The molecular formula is C9H16N2O. The lowest BCUT2D eigenvalue weighted by Crippen LogP contribution is -2.43. The molecule has 1 heterocycles. The SMILES string of the molecule is CCN1CNC2(CCCC2)C1=O. The molecule has 2 fully saturated rings. The van der Waals surface area contributed by atoms with E-state index in [9.17, 15) is 4.79 Å². The van der Waals surface area contributed by atoms with Crippen molar-refractivity contribution in [3.05, 3.63) is 0 Å². The van der Waals surface area contributed by atoms with Gasteiger partial charge >= 0.3 is 0 Å². The summed E-state index contributed by atoms with van der Waals surface area (Å²) in [7, 11) is 0. The van der Waals surface area contributed by atoms with E-state index in [1.807, 2.05) is 11.8 Å². The second kappa shape index (κ2) is 2.73. The zero-order valence-corrected chi connectivity index (χ0v) is 7.60. The van der Waals surface area contributed by atoms with Crippen molar-refractivity contribution in [1.82, 2.24) is 10.2 Å². The van der Waals surface area contributed by atoms with Crippen molar-refractivity contribution in [1.29, 1.82) is 0 Å². The molecule has 3 heteroatoms. The second-order valence-corrected chi connectivity index (χ2v) is 3.79. The van der Waals surface area contributed by atoms with Gasteiger partial charge in [0.25, 0.3) is 0 Å². The van der Waals surface area contributed by atoms with Gasteiger partial charge in [0.1, 0.15) is 0 Å². The number of carbonyl (C=O) groups excluding carboxylic acids is 1. The number of hydrogen-bond donors (Lipinski definition) is 1. The van der Waals surface area contributed by atoms with Crippen molar-refractivity contribution in [3.8, 4) is 0 Å². The monoisotopic (exact) mass is 168 g/mol. The first kappa shape index (κ1) is 8.05. The number of amides is 1. The summed E-state index contributed by atoms with van der Waals surface area (Å²) in [6, 6.07) is 0. The lowest BCUT2D eigenvalue weighted by Gasteiger charge is -2.20. The number of nitrogens with zero attached hydrogens (tertiary/aromatic N) is 1. The molecule has 0 aromatic rings. The lowest BCUT2D eigenvalue weighted by atomic mass is 9.98. The van der Waals surface area contributed by atoms with Gasteiger partial charge in [-0.15, -0.1) is 0 Å². The van der Waals surface area contributed by atoms with E-state index in [2.05, 4.69) is 5.32 Å². The molecule has 1 N–H and O–H groups in total. The topological polar surface area (TPSA) is 32.3 Å². The Morgan fingerprint density at radius 1 is 1.50 bits per heavy atom. The third kappa shape index (κ3) is 0.959. The van der Waals surface area contributed by atoms with E-state index in [1.165, 1.54) is 12.8 Å². The van der Waals surface area contributed by atoms with Crippen LogP contribution in [0.4, 0.5) is 0 Å². The molecule has 2 rings (SSSR count). The van der Waals surface area contributed by atoms with Gasteiger partial charge in [0.15, 0.2) is 0 Å². The fourth-order valence-electron chi connectivity index (χ4n) is 2.32. The first-order chi connectivity index (χ1) is 5.78. The van der Waals surface area contributed by atoms with Crippen LogP contribution in [0.3, 0.4) is 0 Å². The van der Waals surface area contributed by atoms with Gasteiger partial charge in [0.2, 0.25) is 5.91 Å². The standard InChI is InChI=1S/C9H16N2O/c1-2-11-7-10-9(8(11)12)5-3-4-6-9/h10H,2-7H2,1H3. The van der Waals surface area contributed by atoms with Gasteiger partial charge in [-0.1, -0.05) is 12.8 Å². The summed E-state index contributed by atoms with van der Waals surface area (Å²) >= 11 is 0. The summed E-state index contributed by atoms with van der Waals surface area (Å²) in [5.74, 6) is 0.336.